The van der Waals surface area contributed by atoms with Crippen molar-refractivity contribution in [3.63, 3.8) is 0 Å². The number of hydrogen-bond acceptors (Lipinski definition) is 1. The first-order valence-corrected chi connectivity index (χ1v) is 10.6. The Bertz CT molecular complexity index is 952. The molecule has 1 aliphatic heterocycles. The number of aryl methyl sites for hydroxylation is 2. The molecule has 1 N–H and O–H groups in total. The number of carbonyl (C=O) groups excluding carboxylic acids is 1. The number of aromatic amines is 1. The van der Waals surface area contributed by atoms with Crippen molar-refractivity contribution < 1.29 is 4.79 Å². The zero-order valence-electron chi connectivity index (χ0n) is 16.4. The average molecular weight is 395 g/mol. The van der Waals surface area contributed by atoms with E-state index in [-0.39, 0.29) is 0 Å². The van der Waals surface area contributed by atoms with Gasteiger partial charge in [-0.15, -0.1) is 0 Å². The van der Waals surface area contributed by atoms with Crippen molar-refractivity contribution in [2.45, 2.75) is 44.9 Å². The van der Waals surface area contributed by atoms with Gasteiger partial charge < -0.3 is 9.88 Å². The normalized spacial score (nSPS) is 15.3. The van der Waals surface area contributed by atoms with Crippen LogP contribution < -0.4 is 0 Å². The summed E-state index contributed by atoms with van der Waals surface area (Å²) in [5.41, 5.74) is 5.10. The highest BCUT2D eigenvalue weighted by Gasteiger charge is 2.23. The standard InChI is InChI=1S/C24H27ClN2O/c1-17-21(22-5-2-3-7-23(22)26-17)6-4-8-24(28)27-15-13-19(14-16-27)18-9-11-20(25)12-10-18/h2-3,5,7,9-12,19,26H,4,6,8,13-16H2,1H3. The van der Waals surface area contributed by atoms with Crippen LogP contribution in [0.5, 0.6) is 0 Å². The minimum absolute atomic E-state index is 0.298. The molecule has 0 atom stereocenters. The molecule has 3 nitrogen and oxygen atoms in total. The number of hydrogen-bond donors (Lipinski definition) is 1. The van der Waals surface area contributed by atoms with Crippen molar-refractivity contribution in [2.24, 2.45) is 0 Å². The molecule has 1 fully saturated rings. The molecule has 0 aliphatic carbocycles. The van der Waals surface area contributed by atoms with E-state index < -0.39 is 0 Å². The number of nitrogens with zero attached hydrogens (tertiary/aromatic N) is 1. The van der Waals surface area contributed by atoms with E-state index in [1.807, 2.05) is 12.1 Å². The van der Waals surface area contributed by atoms with Gasteiger partial charge in [0.2, 0.25) is 5.91 Å². The summed E-state index contributed by atoms with van der Waals surface area (Å²) in [7, 11) is 0. The molecule has 28 heavy (non-hydrogen) atoms. The lowest BCUT2D eigenvalue weighted by Crippen LogP contribution is -2.37. The molecule has 1 saturated heterocycles. The number of H-pyrrole nitrogens is 1. The van der Waals surface area contributed by atoms with Gasteiger partial charge in [-0.2, -0.15) is 0 Å². The Kier molecular flexibility index (Phi) is 5.72. The van der Waals surface area contributed by atoms with E-state index in [0.717, 1.165) is 43.8 Å². The molecular weight excluding hydrogens is 368 g/mol. The number of halogens is 1. The smallest absolute Gasteiger partial charge is 0.222 e. The summed E-state index contributed by atoms with van der Waals surface area (Å²) in [5.74, 6) is 0.835. The molecule has 3 aromatic rings. The van der Waals surface area contributed by atoms with E-state index in [1.54, 1.807) is 0 Å². The third kappa shape index (κ3) is 4.10. The van der Waals surface area contributed by atoms with Crippen LogP contribution in [0, 0.1) is 6.92 Å². The van der Waals surface area contributed by atoms with Crippen LogP contribution in [0.25, 0.3) is 10.9 Å². The Morgan fingerprint density at radius 3 is 2.57 bits per heavy atom. The number of likely N-dealkylation sites (tertiary alicyclic amines) is 1. The maximum Gasteiger partial charge on any atom is 0.222 e. The predicted octanol–water partition coefficient (Wildman–Crippen LogP) is 5.86. The molecule has 0 radical (unpaired) electrons. The summed E-state index contributed by atoms with van der Waals surface area (Å²) in [5, 5.41) is 2.07. The molecular formula is C24H27ClN2O. The van der Waals surface area contributed by atoms with Crippen molar-refractivity contribution in [1.82, 2.24) is 9.88 Å². The largest absolute Gasteiger partial charge is 0.358 e. The number of rotatable bonds is 5. The molecule has 2 heterocycles. The molecule has 0 bridgehead atoms. The SMILES string of the molecule is Cc1[nH]c2ccccc2c1CCCC(=O)N1CCC(c2ccc(Cl)cc2)CC1. The molecule has 146 valence electrons. The van der Waals surface area contributed by atoms with Crippen LogP contribution in [-0.2, 0) is 11.2 Å². The summed E-state index contributed by atoms with van der Waals surface area (Å²) in [6.45, 7) is 3.84. The van der Waals surface area contributed by atoms with Gasteiger partial charge in [-0.05, 0) is 67.9 Å². The third-order valence-electron chi connectivity index (χ3n) is 6.03. The number of aromatic nitrogens is 1. The number of carbonyl (C=O) groups is 1. The predicted molar refractivity (Wildman–Crippen MR) is 116 cm³/mol. The van der Waals surface area contributed by atoms with Crippen LogP contribution in [0.1, 0.15) is 48.4 Å². The number of amides is 1. The molecule has 4 rings (SSSR count). The van der Waals surface area contributed by atoms with Crippen LogP contribution in [0.3, 0.4) is 0 Å². The number of nitrogens with one attached hydrogen (secondary N) is 1. The van der Waals surface area contributed by atoms with Gasteiger partial charge in [0.15, 0.2) is 0 Å². The lowest BCUT2D eigenvalue weighted by atomic mass is 9.89. The van der Waals surface area contributed by atoms with Crippen LogP contribution >= 0.6 is 11.6 Å². The van der Waals surface area contributed by atoms with Gasteiger partial charge in [0.1, 0.15) is 0 Å². The van der Waals surface area contributed by atoms with Gasteiger partial charge in [0.25, 0.3) is 0 Å². The Labute approximate surface area is 171 Å². The van der Waals surface area contributed by atoms with Gasteiger partial charge in [0, 0.05) is 41.1 Å². The van der Waals surface area contributed by atoms with Crippen molar-refractivity contribution >= 4 is 28.4 Å². The molecule has 1 aromatic heterocycles. The molecule has 0 saturated carbocycles. The first-order valence-electron chi connectivity index (χ1n) is 10.2. The van der Waals surface area contributed by atoms with Crippen molar-refractivity contribution in [2.75, 3.05) is 13.1 Å². The number of fused-ring (bicyclic) bond motifs is 1. The summed E-state index contributed by atoms with van der Waals surface area (Å²) in [4.78, 5) is 18.2. The minimum Gasteiger partial charge on any atom is -0.358 e. The first kappa shape index (κ1) is 19.1. The van der Waals surface area contributed by atoms with Crippen LogP contribution in [-0.4, -0.2) is 28.9 Å². The summed E-state index contributed by atoms with van der Waals surface area (Å²) in [6, 6.07) is 16.6. The van der Waals surface area contributed by atoms with E-state index in [0.29, 0.717) is 18.2 Å². The molecule has 4 heteroatoms. The van der Waals surface area contributed by atoms with Gasteiger partial charge in [-0.1, -0.05) is 41.9 Å². The van der Waals surface area contributed by atoms with Crippen molar-refractivity contribution in [3.05, 3.63) is 70.4 Å². The maximum absolute atomic E-state index is 12.7. The van der Waals surface area contributed by atoms with E-state index in [1.165, 1.54) is 27.7 Å². The van der Waals surface area contributed by atoms with E-state index in [4.69, 9.17) is 11.6 Å². The summed E-state index contributed by atoms with van der Waals surface area (Å²) < 4.78 is 0. The first-order chi connectivity index (χ1) is 13.6. The van der Waals surface area contributed by atoms with Gasteiger partial charge in [-0.3, -0.25) is 4.79 Å². The highest BCUT2D eigenvalue weighted by molar-refractivity contribution is 6.30. The zero-order chi connectivity index (χ0) is 19.5. The second-order valence-corrected chi connectivity index (χ2v) is 8.27. The molecule has 1 aliphatic rings. The molecule has 2 aromatic carbocycles. The van der Waals surface area contributed by atoms with Gasteiger partial charge in [0.05, 0.1) is 0 Å². The second kappa shape index (κ2) is 8.40. The maximum atomic E-state index is 12.7. The lowest BCUT2D eigenvalue weighted by Gasteiger charge is -2.32. The van der Waals surface area contributed by atoms with Gasteiger partial charge in [-0.25, -0.2) is 0 Å². The Hall–Kier alpha value is -2.26. The fourth-order valence-corrected chi connectivity index (χ4v) is 4.55. The average Bonchev–Trinajstić information content (AvgIpc) is 3.04. The molecule has 1 amide bonds. The highest BCUT2D eigenvalue weighted by Crippen LogP contribution is 2.29. The zero-order valence-corrected chi connectivity index (χ0v) is 17.1. The lowest BCUT2D eigenvalue weighted by molar-refractivity contribution is -0.132. The Morgan fingerprint density at radius 1 is 1.11 bits per heavy atom. The number of piperidine rings is 1. The topological polar surface area (TPSA) is 36.1 Å². The molecule has 0 unspecified atom stereocenters. The Morgan fingerprint density at radius 2 is 1.82 bits per heavy atom. The monoisotopic (exact) mass is 394 g/mol. The number of benzene rings is 2. The van der Waals surface area contributed by atoms with E-state index >= 15 is 0 Å². The van der Waals surface area contributed by atoms with Crippen LogP contribution in [0.15, 0.2) is 48.5 Å². The number of para-hydroxylation sites is 1. The van der Waals surface area contributed by atoms with Crippen LogP contribution in [0.4, 0.5) is 0 Å². The van der Waals surface area contributed by atoms with Crippen LogP contribution in [0.2, 0.25) is 5.02 Å². The minimum atomic E-state index is 0.298. The Balaban J connectivity index is 1.28. The fourth-order valence-electron chi connectivity index (χ4n) is 4.43. The fraction of sp³-hybridized carbons (Fsp3) is 0.375. The quantitative estimate of drug-likeness (QED) is 0.578. The molecule has 0 spiro atoms. The third-order valence-corrected chi connectivity index (χ3v) is 6.29. The van der Waals surface area contributed by atoms with E-state index in [9.17, 15) is 4.79 Å². The summed E-state index contributed by atoms with van der Waals surface area (Å²) in [6.07, 6.45) is 4.55. The van der Waals surface area contributed by atoms with Gasteiger partial charge >= 0.3 is 0 Å². The highest BCUT2D eigenvalue weighted by atomic mass is 35.5. The van der Waals surface area contributed by atoms with E-state index in [2.05, 4.69) is 53.2 Å². The van der Waals surface area contributed by atoms with Crippen molar-refractivity contribution in [3.8, 4) is 0 Å². The van der Waals surface area contributed by atoms with Crippen molar-refractivity contribution in [1.29, 1.82) is 0 Å². The summed E-state index contributed by atoms with van der Waals surface area (Å²) >= 11 is 5.99. The second-order valence-electron chi connectivity index (χ2n) is 7.83.